The average molecular weight is 412 g/mol. The van der Waals surface area contributed by atoms with Crippen LogP contribution in [-0.2, 0) is 15.8 Å². The minimum Gasteiger partial charge on any atom is -0.464 e. The Morgan fingerprint density at radius 1 is 1.37 bits per heavy atom. The van der Waals surface area contributed by atoms with Gasteiger partial charge in [-0.1, -0.05) is 26.8 Å². The first kappa shape index (κ1) is 20.9. The Labute approximate surface area is 171 Å². The second-order valence-electron chi connectivity index (χ2n) is 8.44. The molecule has 1 aromatic heterocycles. The fourth-order valence-corrected chi connectivity index (χ4v) is 3.73. The molecule has 0 bridgehead atoms. The molecule has 1 aromatic carbocycles. The molecule has 0 saturated carbocycles. The summed E-state index contributed by atoms with van der Waals surface area (Å²) in [5, 5.41) is 34.1. The maximum atomic E-state index is 12.1. The van der Waals surface area contributed by atoms with E-state index in [1.807, 2.05) is 6.07 Å². The van der Waals surface area contributed by atoms with Crippen LogP contribution in [0.25, 0.3) is 11.3 Å². The first-order chi connectivity index (χ1) is 13.8. The zero-order valence-electron chi connectivity index (χ0n) is 17.1. The van der Waals surface area contributed by atoms with E-state index in [9.17, 15) is 30.1 Å². The van der Waals surface area contributed by atoms with Gasteiger partial charge in [0.2, 0.25) is 0 Å². The summed E-state index contributed by atoms with van der Waals surface area (Å²) in [6, 6.07) is 6.34. The monoisotopic (exact) mass is 412 g/mol. The van der Waals surface area contributed by atoms with Crippen molar-refractivity contribution in [3.8, 4) is 17.3 Å². The SMILES string of the molecule is CC(C)(C)c1c([N+](=O)[O-])c(-c2ccc3c(c2)C(C)(C)OC(=O)N3)n(C(=O)O)c1C#N. The van der Waals surface area contributed by atoms with Gasteiger partial charge in [-0.15, -0.1) is 0 Å². The highest BCUT2D eigenvalue weighted by atomic mass is 16.6. The van der Waals surface area contributed by atoms with E-state index in [0.717, 1.165) is 0 Å². The van der Waals surface area contributed by atoms with Crippen molar-refractivity contribution in [1.29, 1.82) is 5.26 Å². The maximum Gasteiger partial charge on any atom is 0.417 e. The summed E-state index contributed by atoms with van der Waals surface area (Å²) in [6.07, 6.45) is -2.15. The number of cyclic esters (lactones) is 1. The zero-order valence-corrected chi connectivity index (χ0v) is 17.1. The lowest BCUT2D eigenvalue weighted by Gasteiger charge is -2.32. The molecule has 0 fully saturated rings. The van der Waals surface area contributed by atoms with Gasteiger partial charge in [0.15, 0.2) is 0 Å². The third-order valence-corrected chi connectivity index (χ3v) is 4.90. The minimum absolute atomic E-state index is 0.0360. The third kappa shape index (κ3) is 3.14. The Morgan fingerprint density at radius 2 is 2.00 bits per heavy atom. The van der Waals surface area contributed by atoms with Crippen LogP contribution in [0, 0.1) is 21.4 Å². The van der Waals surface area contributed by atoms with Crippen LogP contribution in [0.15, 0.2) is 18.2 Å². The highest BCUT2D eigenvalue weighted by molar-refractivity contribution is 5.92. The lowest BCUT2D eigenvalue weighted by molar-refractivity contribution is -0.385. The number of fused-ring (bicyclic) bond motifs is 1. The molecule has 156 valence electrons. The molecule has 1 amide bonds. The average Bonchev–Trinajstić information content (AvgIpc) is 2.96. The quantitative estimate of drug-likeness (QED) is 0.543. The Morgan fingerprint density at radius 3 is 2.50 bits per heavy atom. The number of carbonyl (C=O) groups is 2. The Bertz CT molecular complexity index is 1150. The molecule has 2 N–H and O–H groups in total. The molecule has 2 aromatic rings. The number of rotatable bonds is 2. The molecule has 0 aliphatic carbocycles. The van der Waals surface area contributed by atoms with Crippen LogP contribution in [0.4, 0.5) is 21.0 Å². The van der Waals surface area contributed by atoms with E-state index in [0.29, 0.717) is 15.8 Å². The molecule has 10 heteroatoms. The van der Waals surface area contributed by atoms with Crippen molar-refractivity contribution >= 4 is 23.6 Å². The third-order valence-electron chi connectivity index (χ3n) is 4.90. The van der Waals surface area contributed by atoms with Crippen LogP contribution in [-0.4, -0.2) is 26.8 Å². The number of amides is 1. The first-order valence-electron chi connectivity index (χ1n) is 9.01. The van der Waals surface area contributed by atoms with Crippen molar-refractivity contribution in [2.24, 2.45) is 0 Å². The van der Waals surface area contributed by atoms with Crippen molar-refractivity contribution < 1.29 is 24.4 Å². The highest BCUT2D eigenvalue weighted by Crippen LogP contribution is 2.45. The molecule has 1 aliphatic heterocycles. The molecule has 0 radical (unpaired) electrons. The highest BCUT2D eigenvalue weighted by Gasteiger charge is 2.41. The molecule has 0 spiro atoms. The molecule has 30 heavy (non-hydrogen) atoms. The molecule has 1 aliphatic rings. The van der Waals surface area contributed by atoms with Gasteiger partial charge in [0, 0.05) is 11.1 Å². The van der Waals surface area contributed by atoms with Crippen LogP contribution in [0.5, 0.6) is 0 Å². The number of carbonyl (C=O) groups excluding carboxylic acids is 1. The topological polar surface area (TPSA) is 147 Å². The predicted molar refractivity (Wildman–Crippen MR) is 106 cm³/mol. The van der Waals surface area contributed by atoms with Gasteiger partial charge in [0.25, 0.3) is 0 Å². The van der Waals surface area contributed by atoms with Crippen LogP contribution in [0.1, 0.15) is 51.4 Å². The van der Waals surface area contributed by atoms with Crippen LogP contribution in [0.3, 0.4) is 0 Å². The fraction of sp³-hybridized carbons (Fsp3) is 0.350. The van der Waals surface area contributed by atoms with Gasteiger partial charge in [-0.25, -0.2) is 14.2 Å². The normalized spacial score (nSPS) is 14.9. The minimum atomic E-state index is -1.51. The lowest BCUT2D eigenvalue weighted by atomic mass is 9.85. The number of benzene rings is 1. The molecule has 10 nitrogen and oxygen atoms in total. The second kappa shape index (κ2) is 6.59. The standard InChI is InChI=1S/C20H20N4O6/c1-19(2,3)14-13(9-21)23(18(26)27)15(16(14)24(28)29)10-6-7-12-11(8-10)20(4,5)30-17(25)22-12/h6-8H,1-5H3,(H,22,25)(H,26,27). The van der Waals surface area contributed by atoms with Gasteiger partial charge in [0.1, 0.15) is 23.1 Å². The second-order valence-corrected chi connectivity index (χ2v) is 8.44. The number of carboxylic acid groups (broad SMARTS) is 1. The maximum absolute atomic E-state index is 12.1. The molecule has 0 saturated heterocycles. The molecule has 3 rings (SSSR count). The van der Waals surface area contributed by atoms with E-state index in [-0.39, 0.29) is 22.5 Å². The van der Waals surface area contributed by atoms with Crippen molar-refractivity contribution in [1.82, 2.24) is 4.57 Å². The van der Waals surface area contributed by atoms with Gasteiger partial charge in [-0.3, -0.25) is 15.4 Å². The number of nitrogens with one attached hydrogen (secondary N) is 1. The number of nitro groups is 1. The summed E-state index contributed by atoms with van der Waals surface area (Å²) < 4.78 is 5.94. The fourth-order valence-electron chi connectivity index (χ4n) is 3.73. The molecular weight excluding hydrogens is 392 g/mol. The Balaban J connectivity index is 2.44. The van der Waals surface area contributed by atoms with E-state index in [2.05, 4.69) is 5.32 Å². The number of ether oxygens (including phenoxy) is 1. The Kier molecular flexibility index (Phi) is 4.58. The largest absolute Gasteiger partial charge is 0.464 e. The number of hydrogen-bond acceptors (Lipinski definition) is 6. The van der Waals surface area contributed by atoms with Gasteiger partial charge < -0.3 is 9.84 Å². The number of aromatic nitrogens is 1. The number of hydrogen-bond donors (Lipinski definition) is 2. The summed E-state index contributed by atoms with van der Waals surface area (Å²) in [6.45, 7) is 8.32. The van der Waals surface area contributed by atoms with Crippen molar-refractivity contribution in [3.05, 3.63) is 45.1 Å². The summed E-state index contributed by atoms with van der Waals surface area (Å²) in [7, 11) is 0. The smallest absolute Gasteiger partial charge is 0.417 e. The van der Waals surface area contributed by atoms with Crippen LogP contribution >= 0.6 is 0 Å². The number of anilines is 1. The lowest BCUT2D eigenvalue weighted by Crippen LogP contribution is -2.34. The summed E-state index contributed by atoms with van der Waals surface area (Å²) in [5.41, 5.74) is -1.67. The van der Waals surface area contributed by atoms with Crippen LogP contribution < -0.4 is 5.32 Å². The van der Waals surface area contributed by atoms with E-state index in [4.69, 9.17) is 4.74 Å². The van der Waals surface area contributed by atoms with Crippen molar-refractivity contribution in [2.45, 2.75) is 45.6 Å². The molecule has 0 unspecified atom stereocenters. The number of nitrogens with zero attached hydrogens (tertiary/aromatic N) is 3. The van der Waals surface area contributed by atoms with Gasteiger partial charge in [0.05, 0.1) is 16.2 Å². The number of nitriles is 1. The predicted octanol–water partition coefficient (Wildman–Crippen LogP) is 4.56. The molecule has 2 heterocycles. The first-order valence-corrected chi connectivity index (χ1v) is 9.01. The Hall–Kier alpha value is -3.87. The van der Waals surface area contributed by atoms with E-state index < -0.39 is 33.8 Å². The summed E-state index contributed by atoms with van der Waals surface area (Å²) in [4.78, 5) is 35.2. The summed E-state index contributed by atoms with van der Waals surface area (Å²) in [5.74, 6) is 0. The summed E-state index contributed by atoms with van der Waals surface area (Å²) >= 11 is 0. The van der Waals surface area contributed by atoms with Gasteiger partial charge >= 0.3 is 17.9 Å². The van der Waals surface area contributed by atoms with Crippen molar-refractivity contribution in [2.75, 3.05) is 5.32 Å². The van der Waals surface area contributed by atoms with E-state index >= 15 is 0 Å². The zero-order chi connectivity index (χ0) is 22.6. The van der Waals surface area contributed by atoms with E-state index in [1.54, 1.807) is 34.6 Å². The van der Waals surface area contributed by atoms with E-state index in [1.165, 1.54) is 18.2 Å². The van der Waals surface area contributed by atoms with Gasteiger partial charge in [-0.2, -0.15) is 5.26 Å². The van der Waals surface area contributed by atoms with Gasteiger partial charge in [-0.05, 0) is 31.4 Å². The van der Waals surface area contributed by atoms with Crippen molar-refractivity contribution in [3.63, 3.8) is 0 Å². The molecule has 0 atom stereocenters. The molecular formula is C20H20N4O6. The van der Waals surface area contributed by atoms with Crippen LogP contribution in [0.2, 0.25) is 0 Å².